The lowest BCUT2D eigenvalue weighted by Gasteiger charge is -2.26. The summed E-state index contributed by atoms with van der Waals surface area (Å²) in [6.07, 6.45) is 1.39. The molecule has 1 saturated heterocycles. The van der Waals surface area contributed by atoms with Gasteiger partial charge in [-0.15, -0.1) is 24.0 Å². The van der Waals surface area contributed by atoms with Crippen LogP contribution in [0.15, 0.2) is 23.2 Å². The van der Waals surface area contributed by atoms with Crippen LogP contribution < -0.4 is 10.6 Å². The minimum atomic E-state index is -0.804. The van der Waals surface area contributed by atoms with E-state index >= 15 is 0 Å². The van der Waals surface area contributed by atoms with E-state index < -0.39 is 11.6 Å². The van der Waals surface area contributed by atoms with Gasteiger partial charge in [0.25, 0.3) is 0 Å². The Balaban J connectivity index is 0.00000338. The zero-order valence-corrected chi connectivity index (χ0v) is 17.6. The first-order valence-electron chi connectivity index (χ1n) is 8.96. The van der Waals surface area contributed by atoms with Gasteiger partial charge in [-0.2, -0.15) is 0 Å². The van der Waals surface area contributed by atoms with Gasteiger partial charge in [-0.3, -0.25) is 9.89 Å². The highest BCUT2D eigenvalue weighted by atomic mass is 127. The predicted molar refractivity (Wildman–Crippen MR) is 111 cm³/mol. The van der Waals surface area contributed by atoms with E-state index in [4.69, 9.17) is 4.74 Å². The maximum atomic E-state index is 13.6. The molecule has 2 rings (SSSR count). The Morgan fingerprint density at radius 1 is 1.23 bits per heavy atom. The SMILES string of the molecule is CCNC(=NCCCN1CCOCC1)NCCc1cccc(F)c1F.I. The van der Waals surface area contributed by atoms with E-state index in [9.17, 15) is 8.78 Å². The molecule has 0 spiro atoms. The fourth-order valence-corrected chi connectivity index (χ4v) is 2.71. The summed E-state index contributed by atoms with van der Waals surface area (Å²) in [7, 11) is 0. The quantitative estimate of drug-likeness (QED) is 0.259. The van der Waals surface area contributed by atoms with Crippen LogP contribution in [0.5, 0.6) is 0 Å². The van der Waals surface area contributed by atoms with Crippen molar-refractivity contribution in [3.8, 4) is 0 Å². The van der Waals surface area contributed by atoms with Crippen LogP contribution in [-0.4, -0.2) is 63.3 Å². The average Bonchev–Trinajstić information content (AvgIpc) is 2.63. The lowest BCUT2D eigenvalue weighted by Crippen LogP contribution is -2.39. The van der Waals surface area contributed by atoms with Crippen LogP contribution in [0, 0.1) is 11.6 Å². The van der Waals surface area contributed by atoms with Crippen molar-refractivity contribution < 1.29 is 13.5 Å². The van der Waals surface area contributed by atoms with Crippen molar-refractivity contribution in [3.05, 3.63) is 35.4 Å². The molecular weight excluding hydrogens is 453 g/mol. The van der Waals surface area contributed by atoms with E-state index in [1.807, 2.05) is 6.92 Å². The number of nitrogens with zero attached hydrogens (tertiary/aromatic N) is 2. The van der Waals surface area contributed by atoms with Crippen molar-refractivity contribution >= 4 is 29.9 Å². The topological polar surface area (TPSA) is 48.9 Å². The molecule has 148 valence electrons. The summed E-state index contributed by atoms with van der Waals surface area (Å²) in [5.74, 6) is -0.862. The fraction of sp³-hybridized carbons (Fsp3) is 0.611. The summed E-state index contributed by atoms with van der Waals surface area (Å²) < 4.78 is 32.2. The first-order chi connectivity index (χ1) is 12.2. The molecule has 5 nitrogen and oxygen atoms in total. The van der Waals surface area contributed by atoms with E-state index in [2.05, 4.69) is 20.5 Å². The summed E-state index contributed by atoms with van der Waals surface area (Å²) in [4.78, 5) is 6.92. The molecule has 8 heteroatoms. The minimum Gasteiger partial charge on any atom is -0.379 e. The van der Waals surface area contributed by atoms with Crippen molar-refractivity contribution in [1.29, 1.82) is 0 Å². The fourth-order valence-electron chi connectivity index (χ4n) is 2.71. The van der Waals surface area contributed by atoms with Gasteiger partial charge in [-0.25, -0.2) is 8.78 Å². The van der Waals surface area contributed by atoms with Gasteiger partial charge in [0, 0.05) is 39.3 Å². The number of morpholine rings is 1. The molecule has 0 amide bonds. The maximum Gasteiger partial charge on any atom is 0.191 e. The molecule has 26 heavy (non-hydrogen) atoms. The Bertz CT molecular complexity index is 554. The Kier molecular flexibility index (Phi) is 11.7. The molecule has 1 aliphatic heterocycles. The van der Waals surface area contributed by atoms with Crippen molar-refractivity contribution in [2.24, 2.45) is 4.99 Å². The van der Waals surface area contributed by atoms with Gasteiger partial charge in [-0.1, -0.05) is 12.1 Å². The van der Waals surface area contributed by atoms with E-state index in [-0.39, 0.29) is 24.0 Å². The highest BCUT2D eigenvalue weighted by Crippen LogP contribution is 2.11. The average molecular weight is 482 g/mol. The summed E-state index contributed by atoms with van der Waals surface area (Å²) in [5.41, 5.74) is 0.371. The van der Waals surface area contributed by atoms with Crippen molar-refractivity contribution in [2.75, 3.05) is 52.5 Å². The summed E-state index contributed by atoms with van der Waals surface area (Å²) in [6.45, 7) is 8.58. The number of ether oxygens (including phenoxy) is 1. The van der Waals surface area contributed by atoms with Crippen LogP contribution in [0.4, 0.5) is 8.78 Å². The molecule has 0 atom stereocenters. The van der Waals surface area contributed by atoms with Gasteiger partial charge in [0.05, 0.1) is 13.2 Å². The van der Waals surface area contributed by atoms with Gasteiger partial charge in [0.1, 0.15) is 0 Å². The van der Waals surface area contributed by atoms with Gasteiger partial charge < -0.3 is 15.4 Å². The third-order valence-corrected chi connectivity index (χ3v) is 4.07. The first-order valence-corrected chi connectivity index (χ1v) is 8.96. The molecule has 1 aromatic rings. The van der Waals surface area contributed by atoms with E-state index in [0.29, 0.717) is 24.5 Å². The molecule has 1 aromatic carbocycles. The maximum absolute atomic E-state index is 13.6. The van der Waals surface area contributed by atoms with Crippen molar-refractivity contribution in [2.45, 2.75) is 19.8 Å². The van der Waals surface area contributed by atoms with Crippen molar-refractivity contribution in [3.63, 3.8) is 0 Å². The minimum absolute atomic E-state index is 0. The Labute approximate surface area is 171 Å². The van der Waals surface area contributed by atoms with Crippen LogP contribution in [0.1, 0.15) is 18.9 Å². The molecule has 0 saturated carbocycles. The molecule has 0 aliphatic carbocycles. The van der Waals surface area contributed by atoms with Gasteiger partial charge in [-0.05, 0) is 31.4 Å². The largest absolute Gasteiger partial charge is 0.379 e. The van der Waals surface area contributed by atoms with Crippen molar-refractivity contribution in [1.82, 2.24) is 15.5 Å². The highest BCUT2D eigenvalue weighted by Gasteiger charge is 2.09. The standard InChI is InChI=1S/C18H28F2N4O.HI/c1-2-21-18(22-8-4-10-24-11-13-25-14-12-24)23-9-7-15-5-3-6-16(19)17(15)20;/h3,5-6H,2,4,7-14H2,1H3,(H2,21,22,23);1H. The Hall–Kier alpha value is -1.00. The smallest absolute Gasteiger partial charge is 0.191 e. The Morgan fingerprint density at radius 2 is 2.00 bits per heavy atom. The normalized spacial score (nSPS) is 15.4. The second-order valence-electron chi connectivity index (χ2n) is 5.96. The number of aliphatic imine (C=N–C) groups is 1. The third kappa shape index (κ3) is 8.13. The van der Waals surface area contributed by atoms with Gasteiger partial charge in [0.15, 0.2) is 17.6 Å². The Morgan fingerprint density at radius 3 is 2.73 bits per heavy atom. The molecule has 1 fully saturated rings. The van der Waals surface area contributed by atoms with Crippen LogP contribution in [0.25, 0.3) is 0 Å². The number of guanidine groups is 1. The van der Waals surface area contributed by atoms with Crippen LogP contribution in [0.2, 0.25) is 0 Å². The molecule has 0 aromatic heterocycles. The number of benzene rings is 1. The monoisotopic (exact) mass is 482 g/mol. The van der Waals surface area contributed by atoms with Crippen LogP contribution >= 0.6 is 24.0 Å². The number of rotatable bonds is 8. The van der Waals surface area contributed by atoms with E-state index in [1.54, 1.807) is 6.07 Å². The third-order valence-electron chi connectivity index (χ3n) is 4.07. The molecule has 1 heterocycles. The second-order valence-corrected chi connectivity index (χ2v) is 5.96. The first kappa shape index (κ1) is 23.0. The summed E-state index contributed by atoms with van der Waals surface area (Å²) in [5, 5.41) is 6.34. The van der Waals surface area contributed by atoms with Crippen LogP contribution in [-0.2, 0) is 11.2 Å². The molecule has 2 N–H and O–H groups in total. The number of hydrogen-bond donors (Lipinski definition) is 2. The predicted octanol–water partition coefficient (Wildman–Crippen LogP) is 2.40. The molecular formula is C18H29F2IN4O. The summed E-state index contributed by atoms with van der Waals surface area (Å²) >= 11 is 0. The number of hydrogen-bond acceptors (Lipinski definition) is 3. The molecule has 0 bridgehead atoms. The number of nitrogens with one attached hydrogen (secondary N) is 2. The second kappa shape index (κ2) is 13.2. The van der Waals surface area contributed by atoms with Crippen LogP contribution in [0.3, 0.4) is 0 Å². The molecule has 0 radical (unpaired) electrons. The van der Waals surface area contributed by atoms with Gasteiger partial charge >= 0.3 is 0 Å². The molecule has 0 unspecified atom stereocenters. The highest BCUT2D eigenvalue weighted by molar-refractivity contribution is 14.0. The zero-order chi connectivity index (χ0) is 17.9. The lowest BCUT2D eigenvalue weighted by molar-refractivity contribution is 0.0377. The summed E-state index contributed by atoms with van der Waals surface area (Å²) in [6, 6.07) is 4.26. The number of halogens is 3. The molecule has 1 aliphatic rings. The lowest BCUT2D eigenvalue weighted by atomic mass is 10.1. The zero-order valence-electron chi connectivity index (χ0n) is 15.3. The van der Waals surface area contributed by atoms with E-state index in [0.717, 1.165) is 58.4 Å². The van der Waals surface area contributed by atoms with Gasteiger partial charge in [0.2, 0.25) is 0 Å². The van der Waals surface area contributed by atoms with E-state index in [1.165, 1.54) is 6.07 Å².